The van der Waals surface area contributed by atoms with Crippen LogP contribution >= 0.6 is 11.3 Å². The zero-order valence-electron chi connectivity index (χ0n) is 12.4. The van der Waals surface area contributed by atoms with Crippen molar-refractivity contribution in [2.75, 3.05) is 0 Å². The number of rotatable bonds is 4. The van der Waals surface area contributed by atoms with Crippen molar-refractivity contribution in [3.05, 3.63) is 56.8 Å². The molecule has 0 spiro atoms. The second-order valence-corrected chi connectivity index (χ2v) is 6.76. The summed E-state index contributed by atoms with van der Waals surface area (Å²) in [6.45, 7) is 2.75. The zero-order valence-corrected chi connectivity index (χ0v) is 13.3. The van der Waals surface area contributed by atoms with Crippen LogP contribution in [0.3, 0.4) is 0 Å². The van der Waals surface area contributed by atoms with Crippen LogP contribution in [0.15, 0.2) is 30.3 Å². The summed E-state index contributed by atoms with van der Waals surface area (Å²) >= 11 is 1.67. The fraction of sp³-hybridized carbons (Fsp3) is 0.389. The molecule has 0 saturated heterocycles. The molecular formula is C18H21NOS. The number of aryl methyl sites for hydroxylation is 3. The molecule has 0 aliphatic heterocycles. The van der Waals surface area contributed by atoms with Gasteiger partial charge in [0.05, 0.1) is 4.88 Å². The molecule has 2 nitrogen and oxygen atoms in total. The fourth-order valence-corrected chi connectivity index (χ4v) is 3.93. The van der Waals surface area contributed by atoms with Gasteiger partial charge in [0.25, 0.3) is 5.91 Å². The molecule has 2 aromatic rings. The first kappa shape index (κ1) is 14.3. The highest BCUT2D eigenvalue weighted by molar-refractivity contribution is 7.14. The SMILES string of the molecule is CCc1ccc(CNC(=O)c2cc3c(s2)CCCC3)cc1. The van der Waals surface area contributed by atoms with Crippen LogP contribution < -0.4 is 5.32 Å². The van der Waals surface area contributed by atoms with Crippen molar-refractivity contribution in [2.24, 2.45) is 0 Å². The molecule has 0 unspecified atom stereocenters. The number of fused-ring (bicyclic) bond motifs is 1. The highest BCUT2D eigenvalue weighted by atomic mass is 32.1. The Morgan fingerprint density at radius 2 is 1.86 bits per heavy atom. The number of amides is 1. The van der Waals surface area contributed by atoms with Gasteiger partial charge in [0.2, 0.25) is 0 Å². The lowest BCUT2D eigenvalue weighted by Gasteiger charge is -2.08. The lowest BCUT2D eigenvalue weighted by molar-refractivity contribution is 0.0955. The summed E-state index contributed by atoms with van der Waals surface area (Å²) < 4.78 is 0. The van der Waals surface area contributed by atoms with Gasteiger partial charge in [0.15, 0.2) is 0 Å². The summed E-state index contributed by atoms with van der Waals surface area (Å²) in [5.41, 5.74) is 3.88. The Hall–Kier alpha value is -1.61. The number of hydrogen-bond acceptors (Lipinski definition) is 2. The van der Waals surface area contributed by atoms with Gasteiger partial charge in [-0.3, -0.25) is 4.79 Å². The highest BCUT2D eigenvalue weighted by Gasteiger charge is 2.16. The van der Waals surface area contributed by atoms with Crippen LogP contribution in [-0.2, 0) is 25.8 Å². The van der Waals surface area contributed by atoms with Crippen LogP contribution in [0.4, 0.5) is 0 Å². The number of carbonyl (C=O) groups is 1. The van der Waals surface area contributed by atoms with E-state index in [-0.39, 0.29) is 5.91 Å². The van der Waals surface area contributed by atoms with E-state index >= 15 is 0 Å². The maximum atomic E-state index is 12.3. The lowest BCUT2D eigenvalue weighted by Crippen LogP contribution is -2.21. The van der Waals surface area contributed by atoms with E-state index in [0.717, 1.165) is 29.7 Å². The molecule has 1 N–H and O–H groups in total. The molecule has 21 heavy (non-hydrogen) atoms. The predicted octanol–water partition coefficient (Wildman–Crippen LogP) is 4.12. The maximum Gasteiger partial charge on any atom is 0.261 e. The fourth-order valence-electron chi connectivity index (χ4n) is 2.76. The molecule has 110 valence electrons. The molecule has 0 radical (unpaired) electrons. The van der Waals surface area contributed by atoms with E-state index < -0.39 is 0 Å². The van der Waals surface area contributed by atoms with Crippen LogP contribution in [0.25, 0.3) is 0 Å². The maximum absolute atomic E-state index is 12.3. The third-order valence-electron chi connectivity index (χ3n) is 4.10. The Labute approximate surface area is 130 Å². The quantitative estimate of drug-likeness (QED) is 0.904. The van der Waals surface area contributed by atoms with Crippen LogP contribution in [0.2, 0.25) is 0 Å². The molecule has 1 heterocycles. The van der Waals surface area contributed by atoms with E-state index in [1.165, 1.54) is 28.8 Å². The average Bonchev–Trinajstić information content (AvgIpc) is 2.97. The van der Waals surface area contributed by atoms with Gasteiger partial charge >= 0.3 is 0 Å². The van der Waals surface area contributed by atoms with Gasteiger partial charge in [-0.2, -0.15) is 0 Å². The van der Waals surface area contributed by atoms with E-state index in [0.29, 0.717) is 6.54 Å². The second-order valence-electron chi connectivity index (χ2n) is 5.62. The average molecular weight is 299 g/mol. The molecule has 1 amide bonds. The van der Waals surface area contributed by atoms with Crippen LogP contribution in [-0.4, -0.2) is 5.91 Å². The molecule has 0 saturated carbocycles. The number of thiophene rings is 1. The molecule has 0 bridgehead atoms. The minimum Gasteiger partial charge on any atom is -0.347 e. The smallest absolute Gasteiger partial charge is 0.261 e. The van der Waals surface area contributed by atoms with Gasteiger partial charge in [-0.15, -0.1) is 11.3 Å². The van der Waals surface area contributed by atoms with Crippen molar-refractivity contribution in [1.82, 2.24) is 5.32 Å². The normalized spacial score (nSPS) is 13.8. The highest BCUT2D eigenvalue weighted by Crippen LogP contribution is 2.29. The Morgan fingerprint density at radius 3 is 2.57 bits per heavy atom. The molecular weight excluding hydrogens is 278 g/mol. The molecule has 1 aliphatic carbocycles. The Balaban J connectivity index is 1.61. The third-order valence-corrected chi connectivity index (χ3v) is 5.34. The first-order chi connectivity index (χ1) is 10.3. The summed E-state index contributed by atoms with van der Waals surface area (Å²) in [6.07, 6.45) is 5.85. The van der Waals surface area contributed by atoms with E-state index in [2.05, 4.69) is 42.6 Å². The minimum atomic E-state index is 0.0639. The summed E-state index contributed by atoms with van der Waals surface area (Å²) in [7, 11) is 0. The van der Waals surface area contributed by atoms with E-state index in [1.807, 2.05) is 0 Å². The zero-order chi connectivity index (χ0) is 14.7. The van der Waals surface area contributed by atoms with Crippen molar-refractivity contribution in [2.45, 2.75) is 45.6 Å². The first-order valence-electron chi connectivity index (χ1n) is 7.74. The van der Waals surface area contributed by atoms with Gasteiger partial charge in [0.1, 0.15) is 0 Å². The van der Waals surface area contributed by atoms with Gasteiger partial charge < -0.3 is 5.32 Å². The predicted molar refractivity (Wildman–Crippen MR) is 88.0 cm³/mol. The number of hydrogen-bond donors (Lipinski definition) is 1. The Morgan fingerprint density at radius 1 is 1.14 bits per heavy atom. The lowest BCUT2D eigenvalue weighted by atomic mass is 9.99. The Kier molecular flexibility index (Phi) is 4.39. The summed E-state index contributed by atoms with van der Waals surface area (Å²) in [5, 5.41) is 3.03. The third kappa shape index (κ3) is 3.35. The molecule has 3 rings (SSSR count). The number of nitrogens with one attached hydrogen (secondary N) is 1. The second kappa shape index (κ2) is 6.44. The van der Waals surface area contributed by atoms with Crippen molar-refractivity contribution < 1.29 is 4.79 Å². The Bertz CT molecular complexity index is 604. The summed E-state index contributed by atoms with van der Waals surface area (Å²) in [4.78, 5) is 14.5. The molecule has 1 aromatic carbocycles. The molecule has 0 atom stereocenters. The van der Waals surface area contributed by atoms with E-state index in [1.54, 1.807) is 11.3 Å². The molecule has 0 fully saturated rings. The first-order valence-corrected chi connectivity index (χ1v) is 8.55. The van der Waals surface area contributed by atoms with Crippen molar-refractivity contribution in [1.29, 1.82) is 0 Å². The summed E-state index contributed by atoms with van der Waals surface area (Å²) in [5.74, 6) is 0.0639. The molecule has 1 aromatic heterocycles. The molecule has 3 heteroatoms. The van der Waals surface area contributed by atoms with E-state index in [9.17, 15) is 4.79 Å². The van der Waals surface area contributed by atoms with Crippen molar-refractivity contribution in [3.63, 3.8) is 0 Å². The summed E-state index contributed by atoms with van der Waals surface area (Å²) in [6, 6.07) is 10.5. The van der Waals surface area contributed by atoms with Crippen molar-refractivity contribution in [3.8, 4) is 0 Å². The number of benzene rings is 1. The van der Waals surface area contributed by atoms with Crippen LogP contribution in [0, 0.1) is 0 Å². The van der Waals surface area contributed by atoms with Gasteiger partial charge in [0, 0.05) is 11.4 Å². The molecule has 1 aliphatic rings. The van der Waals surface area contributed by atoms with Gasteiger partial charge in [-0.25, -0.2) is 0 Å². The van der Waals surface area contributed by atoms with E-state index in [4.69, 9.17) is 0 Å². The van der Waals surface area contributed by atoms with Crippen molar-refractivity contribution >= 4 is 17.2 Å². The number of carbonyl (C=O) groups excluding carboxylic acids is 1. The monoisotopic (exact) mass is 299 g/mol. The van der Waals surface area contributed by atoms with Crippen LogP contribution in [0.5, 0.6) is 0 Å². The minimum absolute atomic E-state index is 0.0639. The largest absolute Gasteiger partial charge is 0.347 e. The van der Waals surface area contributed by atoms with Crippen LogP contribution in [0.1, 0.15) is 51.0 Å². The van der Waals surface area contributed by atoms with Gasteiger partial charge in [-0.1, -0.05) is 31.2 Å². The van der Waals surface area contributed by atoms with Gasteiger partial charge in [-0.05, 0) is 54.9 Å². The standard InChI is InChI=1S/C18H21NOS/c1-2-13-7-9-14(10-8-13)12-19-18(20)17-11-15-5-3-4-6-16(15)21-17/h7-11H,2-6,12H2,1H3,(H,19,20). The topological polar surface area (TPSA) is 29.1 Å².